The number of rotatable bonds is 8. The van der Waals surface area contributed by atoms with E-state index in [-0.39, 0.29) is 11.9 Å². The van der Waals surface area contributed by atoms with Crippen LogP contribution in [0, 0.1) is 6.92 Å². The Labute approximate surface area is 117 Å². The Balaban J connectivity index is 2.28. The van der Waals surface area contributed by atoms with Gasteiger partial charge in [-0.25, -0.2) is 0 Å². The Morgan fingerprint density at radius 1 is 1.21 bits per heavy atom. The van der Waals surface area contributed by atoms with Gasteiger partial charge in [0.25, 0.3) is 5.91 Å². The molecule has 0 spiro atoms. The summed E-state index contributed by atoms with van der Waals surface area (Å²) in [5, 5.41) is 3.08. The van der Waals surface area contributed by atoms with Crippen molar-refractivity contribution in [3.8, 4) is 0 Å². The summed E-state index contributed by atoms with van der Waals surface area (Å²) in [7, 11) is 0. The maximum absolute atomic E-state index is 12.0. The molecule has 0 aliphatic rings. The fourth-order valence-corrected chi connectivity index (χ4v) is 2.22. The first-order chi connectivity index (χ1) is 9.13. The summed E-state index contributed by atoms with van der Waals surface area (Å²) in [6, 6.07) is 8.00. The van der Waals surface area contributed by atoms with E-state index in [4.69, 9.17) is 0 Å². The van der Waals surface area contributed by atoms with Gasteiger partial charge in [-0.05, 0) is 32.4 Å². The molecule has 0 aliphatic heterocycles. The Morgan fingerprint density at radius 2 is 1.95 bits per heavy atom. The molecular weight excluding hydrogens is 234 g/mol. The summed E-state index contributed by atoms with van der Waals surface area (Å²) in [6.45, 7) is 6.33. The lowest BCUT2D eigenvalue weighted by Crippen LogP contribution is -2.32. The molecule has 1 aromatic carbocycles. The first kappa shape index (κ1) is 15.7. The molecule has 0 radical (unpaired) electrons. The van der Waals surface area contributed by atoms with Crippen LogP contribution in [0.25, 0.3) is 0 Å². The van der Waals surface area contributed by atoms with E-state index in [1.165, 1.54) is 32.1 Å². The summed E-state index contributed by atoms with van der Waals surface area (Å²) < 4.78 is 0. The van der Waals surface area contributed by atoms with E-state index in [0.29, 0.717) is 0 Å². The summed E-state index contributed by atoms with van der Waals surface area (Å²) in [6.07, 6.45) is 7.47. The molecule has 2 nitrogen and oxygen atoms in total. The molecule has 0 bridgehead atoms. The van der Waals surface area contributed by atoms with Gasteiger partial charge in [0.1, 0.15) is 0 Å². The van der Waals surface area contributed by atoms with Crippen LogP contribution >= 0.6 is 0 Å². The molecule has 1 N–H and O–H groups in total. The maximum Gasteiger partial charge on any atom is 0.251 e. The highest BCUT2D eigenvalue weighted by Crippen LogP contribution is 2.08. The van der Waals surface area contributed by atoms with Gasteiger partial charge in [0, 0.05) is 11.6 Å². The Bertz CT molecular complexity index is 387. The molecule has 0 aliphatic carbocycles. The SMILES string of the molecule is CCCCCCCC(C)NC(=O)c1cccc(C)c1. The van der Waals surface area contributed by atoms with Crippen molar-refractivity contribution in [3.05, 3.63) is 35.4 Å². The van der Waals surface area contributed by atoms with Crippen LogP contribution < -0.4 is 5.32 Å². The van der Waals surface area contributed by atoms with Crippen LogP contribution in [-0.4, -0.2) is 11.9 Å². The van der Waals surface area contributed by atoms with Crippen molar-refractivity contribution in [2.45, 2.75) is 65.3 Å². The highest BCUT2D eigenvalue weighted by atomic mass is 16.1. The lowest BCUT2D eigenvalue weighted by atomic mass is 10.1. The van der Waals surface area contributed by atoms with E-state index in [1.54, 1.807) is 0 Å². The fourth-order valence-electron chi connectivity index (χ4n) is 2.22. The zero-order valence-electron chi connectivity index (χ0n) is 12.5. The van der Waals surface area contributed by atoms with Crippen molar-refractivity contribution in [2.75, 3.05) is 0 Å². The molecular formula is C17H27NO. The number of aryl methyl sites for hydroxylation is 1. The Kier molecular flexibility index (Phi) is 7.24. The Hall–Kier alpha value is -1.31. The van der Waals surface area contributed by atoms with E-state index >= 15 is 0 Å². The maximum atomic E-state index is 12.0. The summed E-state index contributed by atoms with van der Waals surface area (Å²) in [5.41, 5.74) is 1.89. The van der Waals surface area contributed by atoms with E-state index in [9.17, 15) is 4.79 Å². The monoisotopic (exact) mass is 261 g/mol. The van der Waals surface area contributed by atoms with Gasteiger partial charge in [-0.2, -0.15) is 0 Å². The summed E-state index contributed by atoms with van der Waals surface area (Å²) in [5.74, 6) is 0.0461. The van der Waals surface area contributed by atoms with Crippen LogP contribution in [0.15, 0.2) is 24.3 Å². The first-order valence-corrected chi connectivity index (χ1v) is 7.51. The van der Waals surface area contributed by atoms with Crippen molar-refractivity contribution in [3.63, 3.8) is 0 Å². The van der Waals surface area contributed by atoms with Gasteiger partial charge in [-0.1, -0.05) is 56.7 Å². The molecule has 1 amide bonds. The largest absolute Gasteiger partial charge is 0.350 e. The van der Waals surface area contributed by atoms with Gasteiger partial charge in [0.15, 0.2) is 0 Å². The molecule has 0 fully saturated rings. The van der Waals surface area contributed by atoms with Crippen molar-refractivity contribution in [1.29, 1.82) is 0 Å². The predicted molar refractivity (Wildman–Crippen MR) is 81.5 cm³/mol. The molecule has 1 unspecified atom stereocenters. The molecule has 2 heteroatoms. The third-order valence-electron chi connectivity index (χ3n) is 3.40. The zero-order chi connectivity index (χ0) is 14.1. The van der Waals surface area contributed by atoms with Crippen LogP contribution in [0.3, 0.4) is 0 Å². The van der Waals surface area contributed by atoms with E-state index in [1.807, 2.05) is 31.2 Å². The van der Waals surface area contributed by atoms with Gasteiger partial charge in [0.05, 0.1) is 0 Å². The normalized spacial score (nSPS) is 12.2. The molecule has 106 valence electrons. The fraction of sp³-hybridized carbons (Fsp3) is 0.588. The smallest absolute Gasteiger partial charge is 0.251 e. The number of hydrogen-bond acceptors (Lipinski definition) is 1. The number of carbonyl (C=O) groups is 1. The van der Waals surface area contributed by atoms with Gasteiger partial charge in [-0.3, -0.25) is 4.79 Å². The molecule has 0 aromatic heterocycles. The Morgan fingerprint density at radius 3 is 2.63 bits per heavy atom. The third kappa shape index (κ3) is 6.42. The average molecular weight is 261 g/mol. The number of amides is 1. The minimum atomic E-state index is 0.0461. The van der Waals surface area contributed by atoms with E-state index in [0.717, 1.165) is 17.5 Å². The topological polar surface area (TPSA) is 29.1 Å². The summed E-state index contributed by atoms with van der Waals surface area (Å²) in [4.78, 5) is 12.0. The zero-order valence-corrected chi connectivity index (χ0v) is 12.5. The molecule has 0 heterocycles. The standard InChI is InChI=1S/C17H27NO/c1-4-5-6-7-8-11-15(3)18-17(19)16-12-9-10-14(2)13-16/h9-10,12-13,15H,4-8,11H2,1-3H3,(H,18,19). The van der Waals surface area contributed by atoms with E-state index in [2.05, 4.69) is 19.2 Å². The molecule has 1 aromatic rings. The number of hydrogen-bond donors (Lipinski definition) is 1. The summed E-state index contributed by atoms with van der Waals surface area (Å²) >= 11 is 0. The van der Waals surface area contributed by atoms with Crippen LogP contribution in [0.5, 0.6) is 0 Å². The minimum Gasteiger partial charge on any atom is -0.350 e. The number of nitrogens with one attached hydrogen (secondary N) is 1. The number of unbranched alkanes of at least 4 members (excludes halogenated alkanes) is 4. The van der Waals surface area contributed by atoms with Gasteiger partial charge in [0.2, 0.25) is 0 Å². The van der Waals surface area contributed by atoms with Crippen LogP contribution in [0.2, 0.25) is 0 Å². The van der Waals surface area contributed by atoms with Crippen LogP contribution in [0.1, 0.15) is 68.3 Å². The molecule has 19 heavy (non-hydrogen) atoms. The van der Waals surface area contributed by atoms with Crippen LogP contribution in [0.4, 0.5) is 0 Å². The number of benzene rings is 1. The molecule has 0 saturated heterocycles. The second-order valence-corrected chi connectivity index (χ2v) is 5.45. The van der Waals surface area contributed by atoms with Crippen LogP contribution in [-0.2, 0) is 0 Å². The first-order valence-electron chi connectivity index (χ1n) is 7.51. The molecule has 0 saturated carbocycles. The van der Waals surface area contributed by atoms with E-state index < -0.39 is 0 Å². The average Bonchev–Trinajstić information content (AvgIpc) is 2.38. The third-order valence-corrected chi connectivity index (χ3v) is 3.40. The van der Waals surface area contributed by atoms with Gasteiger partial charge in [-0.15, -0.1) is 0 Å². The van der Waals surface area contributed by atoms with Gasteiger partial charge < -0.3 is 5.32 Å². The second-order valence-electron chi connectivity index (χ2n) is 5.45. The van der Waals surface area contributed by atoms with Crippen molar-refractivity contribution in [2.24, 2.45) is 0 Å². The predicted octanol–water partition coefficient (Wildman–Crippen LogP) is 4.47. The second kappa shape index (κ2) is 8.73. The molecule has 1 rings (SSSR count). The van der Waals surface area contributed by atoms with Crippen molar-refractivity contribution in [1.82, 2.24) is 5.32 Å². The lowest BCUT2D eigenvalue weighted by Gasteiger charge is -2.14. The number of carbonyl (C=O) groups excluding carboxylic acids is 1. The minimum absolute atomic E-state index is 0.0461. The van der Waals surface area contributed by atoms with Crippen molar-refractivity contribution < 1.29 is 4.79 Å². The molecule has 1 atom stereocenters. The highest BCUT2D eigenvalue weighted by molar-refractivity contribution is 5.94. The highest BCUT2D eigenvalue weighted by Gasteiger charge is 2.09. The quantitative estimate of drug-likeness (QED) is 0.687. The lowest BCUT2D eigenvalue weighted by molar-refractivity contribution is 0.0938. The van der Waals surface area contributed by atoms with Gasteiger partial charge >= 0.3 is 0 Å². The van der Waals surface area contributed by atoms with Crippen molar-refractivity contribution >= 4 is 5.91 Å².